The topological polar surface area (TPSA) is 12.5 Å². The number of ether oxygens (including phenoxy) is 1. The number of hydrogen-bond acceptors (Lipinski definition) is 1. The molecule has 2 aliphatic carbocycles. The minimum absolute atomic E-state index is 0.338. The smallest absolute Gasteiger partial charge is 0.0954 e. The van der Waals surface area contributed by atoms with E-state index in [1.54, 1.807) is 0 Å². The van der Waals surface area contributed by atoms with Gasteiger partial charge in [-0.3, -0.25) is 0 Å². The lowest BCUT2D eigenvalue weighted by Crippen LogP contribution is -2.13. The van der Waals surface area contributed by atoms with Gasteiger partial charge in [0.2, 0.25) is 0 Å². The van der Waals surface area contributed by atoms with Gasteiger partial charge in [-0.2, -0.15) is 0 Å². The molecule has 1 heteroatoms. The molecule has 2 saturated carbocycles. The summed E-state index contributed by atoms with van der Waals surface area (Å²) < 4.78 is 5.67. The molecule has 0 aromatic rings. The van der Waals surface area contributed by atoms with E-state index in [9.17, 15) is 0 Å². The van der Waals surface area contributed by atoms with E-state index in [4.69, 9.17) is 4.74 Å². The second-order valence-corrected chi connectivity index (χ2v) is 5.14. The van der Waals surface area contributed by atoms with E-state index in [-0.39, 0.29) is 0 Å². The van der Waals surface area contributed by atoms with Crippen LogP contribution in [0.5, 0.6) is 0 Å². The lowest BCUT2D eigenvalue weighted by molar-refractivity contribution is 0.187. The first-order valence-electron chi connectivity index (χ1n) is 4.77. The zero-order valence-corrected chi connectivity index (χ0v) is 7.55. The van der Waals surface area contributed by atoms with Gasteiger partial charge >= 0.3 is 0 Å². The molecule has 0 amide bonds. The molecular formula is C10H16O. The van der Waals surface area contributed by atoms with E-state index in [2.05, 4.69) is 20.8 Å². The van der Waals surface area contributed by atoms with Crippen molar-refractivity contribution in [1.29, 1.82) is 0 Å². The molecule has 1 saturated heterocycles. The number of rotatable bonds is 1. The molecule has 1 aliphatic heterocycles. The minimum Gasteiger partial charge on any atom is -0.366 e. The fraction of sp³-hybridized carbons (Fsp3) is 1.00. The Bertz CT molecular complexity index is 223. The molecule has 3 rings (SSSR count). The van der Waals surface area contributed by atoms with Crippen LogP contribution in [0.3, 0.4) is 0 Å². The summed E-state index contributed by atoms with van der Waals surface area (Å²) in [5.74, 6) is 1.79. The highest BCUT2D eigenvalue weighted by Gasteiger charge is 2.79. The highest BCUT2D eigenvalue weighted by molar-refractivity contribution is 5.27. The molecule has 0 aromatic heterocycles. The molecule has 0 bridgehead atoms. The average molecular weight is 152 g/mol. The summed E-state index contributed by atoms with van der Waals surface area (Å²) in [6.45, 7) is 7.04. The molecule has 62 valence electrons. The molecular weight excluding hydrogens is 136 g/mol. The summed E-state index contributed by atoms with van der Waals surface area (Å²) in [6, 6.07) is 0. The van der Waals surface area contributed by atoms with Crippen LogP contribution in [-0.4, -0.2) is 11.7 Å². The second kappa shape index (κ2) is 1.39. The van der Waals surface area contributed by atoms with Gasteiger partial charge in [-0.05, 0) is 37.0 Å². The van der Waals surface area contributed by atoms with Gasteiger partial charge < -0.3 is 4.74 Å². The highest BCUT2D eigenvalue weighted by Crippen LogP contribution is 2.78. The van der Waals surface area contributed by atoms with Crippen LogP contribution in [0.2, 0.25) is 0 Å². The van der Waals surface area contributed by atoms with E-state index in [0.29, 0.717) is 11.7 Å². The van der Waals surface area contributed by atoms with E-state index in [0.717, 1.165) is 17.3 Å². The Labute approximate surface area is 68.1 Å². The minimum atomic E-state index is 0.338. The molecule has 4 unspecified atom stereocenters. The summed E-state index contributed by atoms with van der Waals surface area (Å²) in [5, 5.41) is 0. The van der Waals surface area contributed by atoms with E-state index in [1.807, 2.05) is 0 Å². The molecule has 1 heterocycles. The first-order chi connectivity index (χ1) is 5.09. The SMILES string of the molecule is CC(C)C12CC3OC3(C)C1C2. The Hall–Kier alpha value is -0.0400. The summed E-state index contributed by atoms with van der Waals surface area (Å²) in [5.41, 5.74) is 1.06. The van der Waals surface area contributed by atoms with Crippen molar-refractivity contribution in [3.8, 4) is 0 Å². The van der Waals surface area contributed by atoms with Crippen LogP contribution >= 0.6 is 0 Å². The molecule has 3 fully saturated rings. The number of epoxide rings is 1. The third kappa shape index (κ3) is 0.516. The van der Waals surface area contributed by atoms with Crippen LogP contribution in [0.4, 0.5) is 0 Å². The molecule has 0 N–H and O–H groups in total. The van der Waals surface area contributed by atoms with Crippen molar-refractivity contribution in [2.24, 2.45) is 17.3 Å². The summed E-state index contributed by atoms with van der Waals surface area (Å²) >= 11 is 0. The van der Waals surface area contributed by atoms with E-state index < -0.39 is 0 Å². The van der Waals surface area contributed by atoms with Crippen LogP contribution in [-0.2, 0) is 4.74 Å². The van der Waals surface area contributed by atoms with Gasteiger partial charge in [-0.25, -0.2) is 0 Å². The fourth-order valence-corrected chi connectivity index (χ4v) is 3.36. The Balaban J connectivity index is 1.91. The van der Waals surface area contributed by atoms with Crippen molar-refractivity contribution in [1.82, 2.24) is 0 Å². The predicted molar refractivity (Wildman–Crippen MR) is 43.3 cm³/mol. The standard InChI is InChI=1S/C10H16O/c1-6(2)10-4-7(10)9(3)8(5-10)11-9/h6-8H,4-5H2,1-3H3. The van der Waals surface area contributed by atoms with Gasteiger partial charge in [0, 0.05) is 0 Å². The molecule has 4 atom stereocenters. The lowest BCUT2D eigenvalue weighted by Gasteiger charge is -2.17. The highest BCUT2D eigenvalue weighted by atomic mass is 16.6. The maximum atomic E-state index is 5.67. The van der Waals surface area contributed by atoms with Crippen LogP contribution in [0.15, 0.2) is 0 Å². The van der Waals surface area contributed by atoms with Gasteiger partial charge in [0.1, 0.15) is 0 Å². The lowest BCUT2D eigenvalue weighted by atomic mass is 9.89. The second-order valence-electron chi connectivity index (χ2n) is 5.14. The van der Waals surface area contributed by atoms with Gasteiger partial charge in [-0.15, -0.1) is 0 Å². The van der Waals surface area contributed by atoms with Crippen molar-refractivity contribution >= 4 is 0 Å². The Morgan fingerprint density at radius 3 is 2.45 bits per heavy atom. The van der Waals surface area contributed by atoms with Gasteiger partial charge in [-0.1, -0.05) is 13.8 Å². The first-order valence-corrected chi connectivity index (χ1v) is 4.77. The molecule has 0 spiro atoms. The monoisotopic (exact) mass is 152 g/mol. The van der Waals surface area contributed by atoms with Gasteiger partial charge in [0.25, 0.3) is 0 Å². The van der Waals surface area contributed by atoms with Crippen molar-refractivity contribution in [2.45, 2.75) is 45.3 Å². The Morgan fingerprint density at radius 1 is 1.36 bits per heavy atom. The predicted octanol–water partition coefficient (Wildman–Crippen LogP) is 2.21. The fourth-order valence-electron chi connectivity index (χ4n) is 3.36. The zero-order chi connectivity index (χ0) is 7.85. The quantitative estimate of drug-likeness (QED) is 0.525. The number of fused-ring (bicyclic) bond motifs is 3. The maximum absolute atomic E-state index is 5.67. The normalized spacial score (nSPS) is 64.4. The van der Waals surface area contributed by atoms with E-state index >= 15 is 0 Å². The van der Waals surface area contributed by atoms with Crippen LogP contribution in [0.1, 0.15) is 33.6 Å². The summed E-state index contributed by atoms with van der Waals surface area (Å²) in [4.78, 5) is 0. The molecule has 11 heavy (non-hydrogen) atoms. The summed E-state index contributed by atoms with van der Waals surface area (Å²) in [6.07, 6.45) is 3.44. The van der Waals surface area contributed by atoms with Gasteiger partial charge in [0.15, 0.2) is 0 Å². The van der Waals surface area contributed by atoms with E-state index in [1.165, 1.54) is 12.8 Å². The number of hydrogen-bond donors (Lipinski definition) is 0. The molecule has 1 nitrogen and oxygen atoms in total. The third-order valence-corrected chi connectivity index (χ3v) is 4.50. The van der Waals surface area contributed by atoms with Crippen molar-refractivity contribution in [2.75, 3.05) is 0 Å². The average Bonchev–Trinajstić information content (AvgIpc) is 2.74. The maximum Gasteiger partial charge on any atom is 0.0954 e. The first kappa shape index (κ1) is 6.47. The Kier molecular flexibility index (Phi) is 0.820. The van der Waals surface area contributed by atoms with Crippen LogP contribution < -0.4 is 0 Å². The third-order valence-electron chi connectivity index (χ3n) is 4.50. The van der Waals surface area contributed by atoms with Crippen LogP contribution in [0.25, 0.3) is 0 Å². The van der Waals surface area contributed by atoms with Crippen molar-refractivity contribution < 1.29 is 4.74 Å². The molecule has 3 aliphatic rings. The van der Waals surface area contributed by atoms with Crippen molar-refractivity contribution in [3.05, 3.63) is 0 Å². The summed E-state index contributed by atoms with van der Waals surface area (Å²) in [7, 11) is 0. The van der Waals surface area contributed by atoms with Crippen LogP contribution in [0, 0.1) is 17.3 Å². The largest absolute Gasteiger partial charge is 0.366 e. The Morgan fingerprint density at radius 2 is 2.09 bits per heavy atom. The molecule has 0 radical (unpaired) electrons. The van der Waals surface area contributed by atoms with Gasteiger partial charge in [0.05, 0.1) is 11.7 Å². The van der Waals surface area contributed by atoms with Crippen molar-refractivity contribution in [3.63, 3.8) is 0 Å². The molecule has 0 aromatic carbocycles. The zero-order valence-electron chi connectivity index (χ0n) is 7.55.